The number of nitrogens with one attached hydrogen (secondary N) is 1. The highest BCUT2D eigenvalue weighted by Crippen LogP contribution is 2.14. The first kappa shape index (κ1) is 20.7. The molecule has 0 aliphatic rings. The van der Waals surface area contributed by atoms with E-state index in [2.05, 4.69) is 31.3 Å². The highest BCUT2D eigenvalue weighted by Gasteiger charge is 2.08. The third-order valence-corrected chi connectivity index (χ3v) is 4.25. The molecule has 0 radical (unpaired) electrons. The lowest BCUT2D eigenvalue weighted by Gasteiger charge is -2.09. The summed E-state index contributed by atoms with van der Waals surface area (Å²) in [4.78, 5) is 12.4. The summed E-state index contributed by atoms with van der Waals surface area (Å²) < 4.78 is 5.69. The van der Waals surface area contributed by atoms with Crippen molar-refractivity contribution in [2.24, 2.45) is 11.0 Å². The van der Waals surface area contributed by atoms with Gasteiger partial charge in [0.25, 0.3) is 5.91 Å². The Bertz CT molecular complexity index is 722. The SMILES string of the molecule is CCCC/C(=N\NC(=O)c1ccc(OCCC(C)C)cc1)c1ccccc1. The van der Waals surface area contributed by atoms with Crippen molar-refractivity contribution in [3.05, 3.63) is 65.7 Å². The topological polar surface area (TPSA) is 50.7 Å². The molecule has 0 aliphatic heterocycles. The van der Waals surface area contributed by atoms with Crippen molar-refractivity contribution >= 4 is 11.6 Å². The smallest absolute Gasteiger partial charge is 0.271 e. The van der Waals surface area contributed by atoms with E-state index in [0.29, 0.717) is 18.1 Å². The summed E-state index contributed by atoms with van der Waals surface area (Å²) in [6, 6.07) is 17.2. The lowest BCUT2D eigenvalue weighted by Crippen LogP contribution is -2.20. The zero-order chi connectivity index (χ0) is 19.5. The second-order valence-electron chi connectivity index (χ2n) is 7.02. The van der Waals surface area contributed by atoms with Crippen LogP contribution in [0.1, 0.15) is 62.4 Å². The first-order valence-electron chi connectivity index (χ1n) is 9.75. The fraction of sp³-hybridized carbons (Fsp3) is 0.391. The van der Waals surface area contributed by atoms with Crippen LogP contribution in [0.5, 0.6) is 5.75 Å². The lowest BCUT2D eigenvalue weighted by atomic mass is 10.1. The van der Waals surface area contributed by atoms with Crippen LogP contribution < -0.4 is 10.2 Å². The van der Waals surface area contributed by atoms with Crippen LogP contribution in [0.25, 0.3) is 0 Å². The van der Waals surface area contributed by atoms with Crippen LogP contribution in [0.3, 0.4) is 0 Å². The summed E-state index contributed by atoms with van der Waals surface area (Å²) >= 11 is 0. The molecule has 144 valence electrons. The summed E-state index contributed by atoms with van der Waals surface area (Å²) in [5.41, 5.74) is 5.20. The monoisotopic (exact) mass is 366 g/mol. The van der Waals surface area contributed by atoms with E-state index in [1.54, 1.807) is 12.1 Å². The number of hydrazone groups is 1. The number of hydrogen-bond donors (Lipinski definition) is 1. The van der Waals surface area contributed by atoms with Gasteiger partial charge < -0.3 is 4.74 Å². The van der Waals surface area contributed by atoms with Gasteiger partial charge in [0, 0.05) is 5.56 Å². The van der Waals surface area contributed by atoms with Gasteiger partial charge in [0.1, 0.15) is 5.75 Å². The summed E-state index contributed by atoms with van der Waals surface area (Å²) in [5, 5.41) is 4.39. The largest absolute Gasteiger partial charge is 0.494 e. The molecule has 0 heterocycles. The van der Waals surface area contributed by atoms with Gasteiger partial charge in [-0.2, -0.15) is 5.10 Å². The van der Waals surface area contributed by atoms with Crippen LogP contribution in [-0.2, 0) is 0 Å². The molecule has 2 rings (SSSR count). The molecule has 0 aliphatic carbocycles. The minimum Gasteiger partial charge on any atom is -0.494 e. The molecule has 1 amide bonds. The Balaban J connectivity index is 1.98. The number of nitrogens with zero attached hydrogens (tertiary/aromatic N) is 1. The van der Waals surface area contributed by atoms with E-state index < -0.39 is 0 Å². The van der Waals surface area contributed by atoms with Crippen LogP contribution in [0.15, 0.2) is 59.7 Å². The predicted molar refractivity (Wildman–Crippen MR) is 111 cm³/mol. The molecule has 27 heavy (non-hydrogen) atoms. The van der Waals surface area contributed by atoms with Gasteiger partial charge in [-0.15, -0.1) is 0 Å². The van der Waals surface area contributed by atoms with Gasteiger partial charge in [-0.05, 0) is 55.0 Å². The zero-order valence-electron chi connectivity index (χ0n) is 16.6. The van der Waals surface area contributed by atoms with Crippen molar-refractivity contribution < 1.29 is 9.53 Å². The molecule has 0 bridgehead atoms. The number of hydrogen-bond acceptors (Lipinski definition) is 3. The van der Waals surface area contributed by atoms with Crippen LogP contribution in [0.4, 0.5) is 0 Å². The summed E-state index contributed by atoms with van der Waals surface area (Å²) in [5.74, 6) is 1.18. The van der Waals surface area contributed by atoms with Gasteiger partial charge in [0.15, 0.2) is 0 Å². The maximum absolute atomic E-state index is 12.4. The second-order valence-corrected chi connectivity index (χ2v) is 7.02. The van der Waals surface area contributed by atoms with E-state index in [0.717, 1.165) is 42.7 Å². The molecule has 0 aromatic heterocycles. The number of benzene rings is 2. The van der Waals surface area contributed by atoms with Gasteiger partial charge in [-0.3, -0.25) is 4.79 Å². The van der Waals surface area contributed by atoms with Gasteiger partial charge >= 0.3 is 0 Å². The van der Waals surface area contributed by atoms with E-state index in [4.69, 9.17) is 4.74 Å². The molecule has 1 N–H and O–H groups in total. The summed E-state index contributed by atoms with van der Waals surface area (Å²) in [6.45, 7) is 7.17. The Morgan fingerprint density at radius 3 is 2.37 bits per heavy atom. The quantitative estimate of drug-likeness (QED) is 0.450. The van der Waals surface area contributed by atoms with Crippen molar-refractivity contribution in [3.8, 4) is 5.75 Å². The molecule has 0 unspecified atom stereocenters. The van der Waals surface area contributed by atoms with Crippen molar-refractivity contribution in [2.45, 2.75) is 46.5 Å². The summed E-state index contributed by atoms with van der Waals surface area (Å²) in [7, 11) is 0. The fourth-order valence-electron chi connectivity index (χ4n) is 2.54. The second kappa shape index (κ2) is 11.2. The molecule has 0 atom stereocenters. The molecular weight excluding hydrogens is 336 g/mol. The van der Waals surface area contributed by atoms with Crippen molar-refractivity contribution in [2.75, 3.05) is 6.61 Å². The summed E-state index contributed by atoms with van der Waals surface area (Å²) in [6.07, 6.45) is 3.96. The Morgan fingerprint density at radius 1 is 1.04 bits per heavy atom. The molecule has 2 aromatic carbocycles. The Morgan fingerprint density at radius 2 is 1.74 bits per heavy atom. The Hall–Kier alpha value is -2.62. The van der Waals surface area contributed by atoms with E-state index in [9.17, 15) is 4.79 Å². The number of carbonyl (C=O) groups excluding carboxylic acids is 1. The maximum atomic E-state index is 12.4. The Labute approximate surface area is 162 Å². The minimum atomic E-state index is -0.214. The van der Waals surface area contributed by atoms with Crippen molar-refractivity contribution in [3.63, 3.8) is 0 Å². The van der Waals surface area contributed by atoms with Gasteiger partial charge in [0.05, 0.1) is 12.3 Å². The van der Waals surface area contributed by atoms with Gasteiger partial charge in [-0.25, -0.2) is 5.43 Å². The normalized spacial score (nSPS) is 11.5. The number of rotatable bonds is 10. The predicted octanol–water partition coefficient (Wildman–Crippen LogP) is 5.44. The lowest BCUT2D eigenvalue weighted by molar-refractivity contribution is 0.0954. The molecule has 0 fully saturated rings. The third kappa shape index (κ3) is 7.26. The third-order valence-electron chi connectivity index (χ3n) is 4.25. The molecule has 2 aromatic rings. The molecule has 4 heteroatoms. The van der Waals surface area contributed by atoms with Crippen LogP contribution in [0.2, 0.25) is 0 Å². The molecule has 0 saturated heterocycles. The van der Waals surface area contributed by atoms with Crippen LogP contribution in [-0.4, -0.2) is 18.2 Å². The number of ether oxygens (including phenoxy) is 1. The first-order valence-corrected chi connectivity index (χ1v) is 9.75. The van der Waals surface area contributed by atoms with Crippen LogP contribution >= 0.6 is 0 Å². The average molecular weight is 367 g/mol. The molecular formula is C23H30N2O2. The van der Waals surface area contributed by atoms with E-state index in [1.807, 2.05) is 42.5 Å². The maximum Gasteiger partial charge on any atom is 0.271 e. The van der Waals surface area contributed by atoms with E-state index >= 15 is 0 Å². The molecule has 0 saturated carbocycles. The van der Waals surface area contributed by atoms with Crippen molar-refractivity contribution in [1.29, 1.82) is 0 Å². The number of amides is 1. The zero-order valence-corrected chi connectivity index (χ0v) is 16.6. The highest BCUT2D eigenvalue weighted by molar-refractivity contribution is 6.02. The fourth-order valence-corrected chi connectivity index (χ4v) is 2.54. The van der Waals surface area contributed by atoms with Crippen molar-refractivity contribution in [1.82, 2.24) is 5.43 Å². The molecule has 4 nitrogen and oxygen atoms in total. The van der Waals surface area contributed by atoms with Gasteiger partial charge in [-0.1, -0.05) is 57.5 Å². The minimum absolute atomic E-state index is 0.214. The van der Waals surface area contributed by atoms with Crippen LogP contribution in [0, 0.1) is 5.92 Å². The number of carbonyl (C=O) groups is 1. The van der Waals surface area contributed by atoms with E-state index in [-0.39, 0.29) is 5.91 Å². The first-order chi connectivity index (χ1) is 13.1. The standard InChI is InChI=1S/C23H30N2O2/c1-4-5-11-22(19-9-7-6-8-10-19)24-25-23(26)20-12-14-21(15-13-20)27-17-16-18(2)3/h6-10,12-15,18H,4-5,11,16-17H2,1-3H3,(H,25,26)/b24-22+. The Kier molecular flexibility index (Phi) is 8.56. The number of unbranched alkanes of at least 4 members (excludes halogenated alkanes) is 1. The average Bonchev–Trinajstić information content (AvgIpc) is 2.69. The molecule has 0 spiro atoms. The van der Waals surface area contributed by atoms with Gasteiger partial charge in [0.2, 0.25) is 0 Å². The highest BCUT2D eigenvalue weighted by atomic mass is 16.5. The van der Waals surface area contributed by atoms with E-state index in [1.165, 1.54) is 0 Å².